The van der Waals surface area contributed by atoms with Gasteiger partial charge in [0, 0.05) is 31.9 Å². The SMILES string of the molecule is CC(C)N1CCN(C)C[C@@H]1c1nnc2ccc(C(=O)NCC(F)(F)F)cn12. The summed E-state index contributed by atoms with van der Waals surface area (Å²) in [5.74, 6) is -0.105. The third kappa shape index (κ3) is 4.38. The first-order valence-electron chi connectivity index (χ1n) is 8.79. The average molecular weight is 384 g/mol. The first-order valence-corrected chi connectivity index (χ1v) is 8.79. The molecule has 0 aromatic carbocycles. The van der Waals surface area contributed by atoms with Gasteiger partial charge < -0.3 is 10.2 Å². The maximum Gasteiger partial charge on any atom is 0.405 e. The van der Waals surface area contributed by atoms with Crippen molar-refractivity contribution in [3.8, 4) is 0 Å². The lowest BCUT2D eigenvalue weighted by molar-refractivity contribution is -0.123. The van der Waals surface area contributed by atoms with Gasteiger partial charge in [0.05, 0.1) is 11.6 Å². The first kappa shape index (κ1) is 19.6. The highest BCUT2D eigenvalue weighted by molar-refractivity contribution is 5.94. The van der Waals surface area contributed by atoms with Gasteiger partial charge in [0.2, 0.25) is 0 Å². The van der Waals surface area contributed by atoms with Crippen molar-refractivity contribution in [3.05, 3.63) is 29.7 Å². The zero-order valence-electron chi connectivity index (χ0n) is 15.5. The average Bonchev–Trinajstić information content (AvgIpc) is 3.01. The van der Waals surface area contributed by atoms with Crippen LogP contribution in [-0.4, -0.2) is 75.7 Å². The molecule has 1 aliphatic heterocycles. The molecule has 0 unspecified atom stereocenters. The molecule has 10 heteroatoms. The molecule has 27 heavy (non-hydrogen) atoms. The molecule has 2 aromatic heterocycles. The van der Waals surface area contributed by atoms with E-state index in [-0.39, 0.29) is 11.6 Å². The Hall–Kier alpha value is -2.20. The van der Waals surface area contributed by atoms with E-state index in [1.165, 1.54) is 12.3 Å². The van der Waals surface area contributed by atoms with E-state index in [0.717, 1.165) is 19.6 Å². The lowest BCUT2D eigenvalue weighted by Gasteiger charge is -2.41. The van der Waals surface area contributed by atoms with Crippen LogP contribution in [0.3, 0.4) is 0 Å². The molecule has 1 amide bonds. The third-order valence-electron chi connectivity index (χ3n) is 4.73. The number of alkyl halides is 3. The van der Waals surface area contributed by atoms with E-state index in [1.807, 2.05) is 12.4 Å². The van der Waals surface area contributed by atoms with Gasteiger partial charge in [0.1, 0.15) is 6.54 Å². The van der Waals surface area contributed by atoms with Gasteiger partial charge in [0.15, 0.2) is 11.5 Å². The molecule has 1 aliphatic rings. The molecule has 2 aromatic rings. The Labute approximate surface area is 155 Å². The fourth-order valence-corrected chi connectivity index (χ4v) is 3.33. The van der Waals surface area contributed by atoms with Crippen LogP contribution in [0.4, 0.5) is 13.2 Å². The Morgan fingerprint density at radius 2 is 2.04 bits per heavy atom. The van der Waals surface area contributed by atoms with E-state index in [4.69, 9.17) is 0 Å². The van der Waals surface area contributed by atoms with Crippen LogP contribution in [0.2, 0.25) is 0 Å². The van der Waals surface area contributed by atoms with Crippen molar-refractivity contribution in [1.82, 2.24) is 29.7 Å². The summed E-state index contributed by atoms with van der Waals surface area (Å²) in [4.78, 5) is 16.6. The zero-order chi connectivity index (χ0) is 19.8. The Balaban J connectivity index is 1.91. The van der Waals surface area contributed by atoms with Crippen LogP contribution in [0.15, 0.2) is 18.3 Å². The molecule has 3 rings (SSSR count). The van der Waals surface area contributed by atoms with Gasteiger partial charge in [-0.1, -0.05) is 0 Å². The number of carbonyl (C=O) groups is 1. The maximum atomic E-state index is 12.3. The van der Waals surface area contributed by atoms with Crippen LogP contribution in [-0.2, 0) is 0 Å². The second-order valence-corrected chi connectivity index (χ2v) is 7.11. The molecule has 0 aliphatic carbocycles. The van der Waals surface area contributed by atoms with Gasteiger partial charge in [-0.2, -0.15) is 13.2 Å². The third-order valence-corrected chi connectivity index (χ3v) is 4.73. The van der Waals surface area contributed by atoms with Gasteiger partial charge in [-0.3, -0.25) is 14.1 Å². The van der Waals surface area contributed by atoms with E-state index in [9.17, 15) is 18.0 Å². The van der Waals surface area contributed by atoms with E-state index in [0.29, 0.717) is 17.5 Å². The summed E-state index contributed by atoms with van der Waals surface area (Å²) in [7, 11) is 2.03. The number of aromatic nitrogens is 3. The van der Waals surface area contributed by atoms with Crippen molar-refractivity contribution in [2.45, 2.75) is 32.1 Å². The summed E-state index contributed by atoms with van der Waals surface area (Å²) in [6.07, 6.45) is -2.95. The normalized spacial score (nSPS) is 19.7. The molecule has 0 radical (unpaired) electrons. The van der Waals surface area contributed by atoms with Crippen molar-refractivity contribution >= 4 is 11.6 Å². The Bertz CT molecular complexity index is 819. The molecule has 7 nitrogen and oxygen atoms in total. The highest BCUT2D eigenvalue weighted by Crippen LogP contribution is 2.26. The van der Waals surface area contributed by atoms with Crippen LogP contribution < -0.4 is 5.32 Å². The van der Waals surface area contributed by atoms with Crippen molar-refractivity contribution in [2.75, 3.05) is 33.2 Å². The second-order valence-electron chi connectivity index (χ2n) is 7.11. The largest absolute Gasteiger partial charge is 0.405 e. The molecule has 1 atom stereocenters. The lowest BCUT2D eigenvalue weighted by Crippen LogP contribution is -2.50. The quantitative estimate of drug-likeness (QED) is 0.870. The van der Waals surface area contributed by atoms with E-state index < -0.39 is 18.6 Å². The Morgan fingerprint density at radius 3 is 2.70 bits per heavy atom. The number of nitrogens with one attached hydrogen (secondary N) is 1. The van der Waals surface area contributed by atoms with Gasteiger partial charge in [-0.15, -0.1) is 10.2 Å². The molecule has 0 spiro atoms. The number of fused-ring (bicyclic) bond motifs is 1. The minimum Gasteiger partial charge on any atom is -0.343 e. The molecular weight excluding hydrogens is 361 g/mol. The molecule has 3 heterocycles. The molecule has 1 saturated heterocycles. The van der Waals surface area contributed by atoms with Crippen LogP contribution in [0.5, 0.6) is 0 Å². The highest BCUT2D eigenvalue weighted by Gasteiger charge is 2.32. The topological polar surface area (TPSA) is 65.8 Å². The zero-order valence-corrected chi connectivity index (χ0v) is 15.5. The number of hydrogen-bond acceptors (Lipinski definition) is 5. The monoisotopic (exact) mass is 384 g/mol. The number of amides is 1. The van der Waals surface area contributed by atoms with Crippen LogP contribution in [0.1, 0.15) is 36.1 Å². The number of piperazine rings is 1. The molecule has 0 saturated carbocycles. The minimum absolute atomic E-state index is 0.0211. The number of halogens is 3. The number of nitrogens with zero attached hydrogens (tertiary/aromatic N) is 5. The summed E-state index contributed by atoms with van der Waals surface area (Å²) < 4.78 is 38.7. The van der Waals surface area contributed by atoms with E-state index in [2.05, 4.69) is 33.8 Å². The molecule has 1 N–H and O–H groups in total. The Kier molecular flexibility index (Phi) is 5.38. The molecular formula is C17H23F3N6O. The van der Waals surface area contributed by atoms with Crippen molar-refractivity contribution < 1.29 is 18.0 Å². The summed E-state index contributed by atoms with van der Waals surface area (Å²) >= 11 is 0. The van der Waals surface area contributed by atoms with E-state index in [1.54, 1.807) is 10.5 Å². The fraction of sp³-hybridized carbons (Fsp3) is 0.588. The number of carbonyl (C=O) groups excluding carboxylic acids is 1. The lowest BCUT2D eigenvalue weighted by atomic mass is 10.1. The van der Waals surface area contributed by atoms with Crippen LogP contribution >= 0.6 is 0 Å². The van der Waals surface area contributed by atoms with Crippen molar-refractivity contribution in [3.63, 3.8) is 0 Å². The summed E-state index contributed by atoms with van der Waals surface area (Å²) in [6, 6.07) is 3.32. The second kappa shape index (κ2) is 7.43. The number of likely N-dealkylation sites (N-methyl/N-ethyl adjacent to an activating group) is 1. The van der Waals surface area contributed by atoms with Crippen LogP contribution in [0.25, 0.3) is 5.65 Å². The van der Waals surface area contributed by atoms with Crippen molar-refractivity contribution in [2.24, 2.45) is 0 Å². The van der Waals surface area contributed by atoms with Gasteiger partial charge >= 0.3 is 6.18 Å². The minimum atomic E-state index is -4.45. The predicted molar refractivity (Wildman–Crippen MR) is 93.5 cm³/mol. The predicted octanol–water partition coefficient (Wildman–Crippen LogP) is 1.72. The molecule has 0 bridgehead atoms. The number of rotatable bonds is 4. The van der Waals surface area contributed by atoms with Gasteiger partial charge in [-0.25, -0.2) is 0 Å². The van der Waals surface area contributed by atoms with Gasteiger partial charge in [0.25, 0.3) is 5.91 Å². The Morgan fingerprint density at radius 1 is 1.30 bits per heavy atom. The summed E-state index contributed by atoms with van der Waals surface area (Å²) in [6.45, 7) is 5.42. The van der Waals surface area contributed by atoms with Gasteiger partial charge in [-0.05, 0) is 33.0 Å². The summed E-state index contributed by atoms with van der Waals surface area (Å²) in [5.41, 5.74) is 0.683. The number of pyridine rings is 1. The standard InChI is InChI=1S/C17H23F3N6O/c1-11(2)25-7-6-24(3)9-13(25)15-23-22-14-5-4-12(8-26(14)15)16(27)21-10-17(18,19)20/h4-5,8,11,13H,6-7,9-10H2,1-3H3,(H,21,27)/t13-/m1/s1. The van der Waals surface area contributed by atoms with Crippen molar-refractivity contribution in [1.29, 1.82) is 0 Å². The van der Waals surface area contributed by atoms with Crippen LogP contribution in [0, 0.1) is 0 Å². The summed E-state index contributed by atoms with van der Waals surface area (Å²) in [5, 5.41) is 10.4. The molecule has 148 valence electrons. The first-order chi connectivity index (χ1) is 12.7. The number of hydrogen-bond donors (Lipinski definition) is 1. The molecule has 1 fully saturated rings. The highest BCUT2D eigenvalue weighted by atomic mass is 19.4. The van der Waals surface area contributed by atoms with E-state index >= 15 is 0 Å². The maximum absolute atomic E-state index is 12.3. The smallest absolute Gasteiger partial charge is 0.343 e. The fourth-order valence-electron chi connectivity index (χ4n) is 3.33.